The van der Waals surface area contributed by atoms with Crippen molar-refractivity contribution in [3.05, 3.63) is 89.5 Å². The Labute approximate surface area is 249 Å². The molecule has 0 unspecified atom stereocenters. The second-order valence-electron chi connectivity index (χ2n) is 10.3. The second kappa shape index (κ2) is 12.9. The fourth-order valence-electron chi connectivity index (χ4n) is 5.56. The number of nitrogens with one attached hydrogen (secondary N) is 2. The van der Waals surface area contributed by atoms with E-state index in [-0.39, 0.29) is 49.7 Å². The lowest BCUT2D eigenvalue weighted by Gasteiger charge is -2.54. The highest BCUT2D eigenvalue weighted by atomic mass is 16.3. The van der Waals surface area contributed by atoms with E-state index in [1.54, 1.807) is 46.1 Å². The molecular weight excluding hydrogens is 548 g/mol. The van der Waals surface area contributed by atoms with E-state index >= 15 is 0 Å². The molecule has 12 heteroatoms. The zero-order chi connectivity index (χ0) is 30.5. The number of amides is 4. The van der Waals surface area contributed by atoms with Crippen LogP contribution in [0.3, 0.4) is 0 Å². The molecule has 4 aromatic rings. The molecule has 43 heavy (non-hydrogen) atoms. The number of H-pyrrole nitrogens is 1. The van der Waals surface area contributed by atoms with E-state index < -0.39 is 12.2 Å². The summed E-state index contributed by atoms with van der Waals surface area (Å²) < 4.78 is 0. The predicted octanol–water partition coefficient (Wildman–Crippen LogP) is 2.87. The number of phenolic OH excluding ortho intramolecular Hbond substituents is 1. The third-order valence-corrected chi connectivity index (χ3v) is 7.55. The largest absolute Gasteiger partial charge is 0.508 e. The van der Waals surface area contributed by atoms with Crippen molar-refractivity contribution in [2.75, 3.05) is 20.1 Å². The summed E-state index contributed by atoms with van der Waals surface area (Å²) in [7, 11) is 1.70. The van der Waals surface area contributed by atoms with Gasteiger partial charge < -0.3 is 20.2 Å². The number of hydrogen-bond acceptors (Lipinski definition) is 7. The predicted molar refractivity (Wildman–Crippen MR) is 160 cm³/mol. The number of phenols is 1. The molecule has 0 saturated carbocycles. The SMILES string of the molecule is CC.CN1CC(=O)N2[C@@H](Cc3ccc(O)cc3)C(=O)N(Cc3ccc4n[nH]nc4c3)C[C@@H]2N1C(=O)NCc1ccccc1. The number of aromatic hydroxyl groups is 1. The van der Waals surface area contributed by atoms with Gasteiger partial charge in [-0.3, -0.25) is 9.59 Å². The molecule has 0 radical (unpaired) electrons. The molecule has 2 fully saturated rings. The quantitative estimate of drug-likeness (QED) is 0.317. The summed E-state index contributed by atoms with van der Waals surface area (Å²) in [4.78, 5) is 44.3. The van der Waals surface area contributed by atoms with Crippen molar-refractivity contribution in [2.24, 2.45) is 0 Å². The maximum absolute atomic E-state index is 14.0. The number of urea groups is 1. The van der Waals surface area contributed by atoms with E-state index in [0.717, 1.165) is 22.2 Å². The summed E-state index contributed by atoms with van der Waals surface area (Å²) in [6.07, 6.45) is -0.476. The molecule has 6 rings (SSSR count). The number of aromatic amines is 1. The van der Waals surface area contributed by atoms with Crippen molar-refractivity contribution in [1.82, 2.24) is 40.5 Å². The first-order valence-corrected chi connectivity index (χ1v) is 14.4. The van der Waals surface area contributed by atoms with Gasteiger partial charge in [0.2, 0.25) is 11.8 Å². The Bertz CT molecular complexity index is 1580. The van der Waals surface area contributed by atoms with Crippen molar-refractivity contribution < 1.29 is 19.5 Å². The number of nitrogens with zero attached hydrogens (tertiary/aromatic N) is 6. The lowest BCUT2D eigenvalue weighted by atomic mass is 9.98. The van der Waals surface area contributed by atoms with Gasteiger partial charge in [-0.25, -0.2) is 14.8 Å². The van der Waals surface area contributed by atoms with Crippen LogP contribution < -0.4 is 5.32 Å². The van der Waals surface area contributed by atoms with Gasteiger partial charge >= 0.3 is 6.03 Å². The molecule has 3 N–H and O–H groups in total. The number of rotatable bonds is 6. The number of hydrogen-bond donors (Lipinski definition) is 3. The summed E-state index contributed by atoms with van der Waals surface area (Å²) in [6.45, 7) is 4.69. The summed E-state index contributed by atoms with van der Waals surface area (Å²) in [5, 5.41) is 26.7. The molecule has 2 saturated heterocycles. The Morgan fingerprint density at radius 3 is 2.40 bits per heavy atom. The summed E-state index contributed by atoms with van der Waals surface area (Å²) in [5.74, 6) is -0.328. The van der Waals surface area contributed by atoms with Crippen molar-refractivity contribution in [2.45, 2.75) is 45.6 Å². The Hall–Kier alpha value is -4.97. The molecule has 2 atom stereocenters. The van der Waals surface area contributed by atoms with Gasteiger partial charge in [0.25, 0.3) is 0 Å². The van der Waals surface area contributed by atoms with E-state index in [9.17, 15) is 19.5 Å². The fourth-order valence-corrected chi connectivity index (χ4v) is 5.56. The first kappa shape index (κ1) is 29.5. The van der Waals surface area contributed by atoms with Gasteiger partial charge in [-0.15, -0.1) is 0 Å². The number of piperazine rings is 1. The molecule has 0 spiro atoms. The van der Waals surface area contributed by atoms with Crippen LogP contribution in [-0.4, -0.2) is 90.5 Å². The Kier molecular flexibility index (Phi) is 8.86. The number of carbonyl (C=O) groups is 3. The Morgan fingerprint density at radius 2 is 1.65 bits per heavy atom. The number of benzene rings is 3. The lowest BCUT2D eigenvalue weighted by molar-refractivity contribution is -0.187. The summed E-state index contributed by atoms with van der Waals surface area (Å²) >= 11 is 0. The minimum atomic E-state index is -0.834. The molecule has 2 aliphatic rings. The Balaban J connectivity index is 0.00000180. The molecule has 0 aliphatic carbocycles. The maximum atomic E-state index is 14.0. The molecule has 224 valence electrons. The number of carbonyl (C=O) groups excluding carboxylic acids is 3. The molecular formula is C31H36N8O4. The summed E-state index contributed by atoms with van der Waals surface area (Å²) in [5.41, 5.74) is 3.99. The average Bonchev–Trinajstić information content (AvgIpc) is 3.49. The van der Waals surface area contributed by atoms with Gasteiger partial charge in [0.1, 0.15) is 29.0 Å². The third-order valence-electron chi connectivity index (χ3n) is 7.55. The minimum absolute atomic E-state index is 0.0442. The normalized spacial score (nSPS) is 18.7. The zero-order valence-electron chi connectivity index (χ0n) is 24.5. The highest BCUT2D eigenvalue weighted by molar-refractivity contribution is 5.91. The van der Waals surface area contributed by atoms with Gasteiger partial charge in [-0.1, -0.05) is 62.4 Å². The lowest BCUT2D eigenvalue weighted by Crippen LogP contribution is -2.76. The average molecular weight is 585 g/mol. The van der Waals surface area contributed by atoms with Crippen molar-refractivity contribution >= 4 is 28.9 Å². The number of likely N-dealkylation sites (N-methyl/N-ethyl adjacent to an activating group) is 1. The van der Waals surface area contributed by atoms with Crippen LogP contribution in [0.1, 0.15) is 30.5 Å². The number of aromatic nitrogens is 3. The van der Waals surface area contributed by atoms with Crippen molar-refractivity contribution in [1.29, 1.82) is 0 Å². The van der Waals surface area contributed by atoms with Crippen LogP contribution >= 0.6 is 0 Å². The van der Waals surface area contributed by atoms with Gasteiger partial charge in [-0.05, 0) is 41.0 Å². The van der Waals surface area contributed by atoms with Crippen molar-refractivity contribution in [3.8, 4) is 5.75 Å². The van der Waals surface area contributed by atoms with E-state index in [1.807, 2.05) is 62.4 Å². The molecule has 2 aliphatic heterocycles. The van der Waals surface area contributed by atoms with Crippen LogP contribution in [-0.2, 0) is 29.1 Å². The molecule has 4 amide bonds. The van der Waals surface area contributed by atoms with Gasteiger partial charge in [0.05, 0.1) is 13.1 Å². The van der Waals surface area contributed by atoms with E-state index in [1.165, 1.54) is 5.01 Å². The highest BCUT2D eigenvalue weighted by Crippen LogP contribution is 2.29. The van der Waals surface area contributed by atoms with Gasteiger partial charge in [0.15, 0.2) is 0 Å². The van der Waals surface area contributed by atoms with Crippen LogP contribution in [0.2, 0.25) is 0 Å². The standard InChI is InChI=1S/C29H30N8O4.C2H6/c1-34-18-27(39)36-25(14-19-7-10-22(38)11-8-19)28(40)35(16-21-9-12-23-24(13-21)32-33-31-23)17-26(36)37(34)29(41)30-15-20-5-3-2-4-6-20;1-2/h2-13,25-26,38H,14-18H2,1H3,(H,30,41)(H,31,32,33);1-2H3/t25-,26-;/m0./s1. The van der Waals surface area contributed by atoms with E-state index in [4.69, 9.17) is 0 Å². The fraction of sp³-hybridized carbons (Fsp3) is 0.323. The third kappa shape index (κ3) is 6.28. The molecule has 1 aromatic heterocycles. The molecule has 3 heterocycles. The molecule has 3 aromatic carbocycles. The first-order valence-electron chi connectivity index (χ1n) is 14.4. The maximum Gasteiger partial charge on any atom is 0.334 e. The smallest absolute Gasteiger partial charge is 0.334 e. The van der Waals surface area contributed by atoms with Crippen molar-refractivity contribution in [3.63, 3.8) is 0 Å². The minimum Gasteiger partial charge on any atom is -0.508 e. The second-order valence-corrected chi connectivity index (χ2v) is 10.3. The van der Waals surface area contributed by atoms with Crippen LogP contribution in [0.4, 0.5) is 4.79 Å². The van der Waals surface area contributed by atoms with E-state index in [2.05, 4.69) is 20.7 Å². The van der Waals surface area contributed by atoms with Gasteiger partial charge in [-0.2, -0.15) is 15.4 Å². The molecule has 12 nitrogen and oxygen atoms in total. The monoisotopic (exact) mass is 584 g/mol. The summed E-state index contributed by atoms with van der Waals surface area (Å²) in [6, 6.07) is 20.6. The zero-order valence-corrected chi connectivity index (χ0v) is 24.5. The van der Waals surface area contributed by atoms with Gasteiger partial charge in [0, 0.05) is 26.6 Å². The molecule has 0 bridgehead atoms. The van der Waals surface area contributed by atoms with Crippen LogP contribution in [0, 0.1) is 0 Å². The van der Waals surface area contributed by atoms with Crippen LogP contribution in [0.15, 0.2) is 72.8 Å². The van der Waals surface area contributed by atoms with Crippen LogP contribution in [0.25, 0.3) is 11.0 Å². The first-order chi connectivity index (χ1) is 20.9. The number of fused-ring (bicyclic) bond motifs is 2. The number of hydrazine groups is 1. The van der Waals surface area contributed by atoms with Crippen LogP contribution in [0.5, 0.6) is 5.75 Å². The van der Waals surface area contributed by atoms with E-state index in [0.29, 0.717) is 12.1 Å². The Morgan fingerprint density at radius 1 is 0.953 bits per heavy atom. The highest BCUT2D eigenvalue weighted by Gasteiger charge is 2.50. The topological polar surface area (TPSA) is 138 Å².